The van der Waals surface area contributed by atoms with E-state index < -0.39 is 0 Å². The van der Waals surface area contributed by atoms with Gasteiger partial charge in [0, 0.05) is 33.1 Å². The fourth-order valence-corrected chi connectivity index (χ4v) is 6.08. The van der Waals surface area contributed by atoms with Crippen LogP contribution >= 0.6 is 44.2 Å². The van der Waals surface area contributed by atoms with E-state index in [-0.39, 0.29) is 22.9 Å². The molecule has 0 unspecified atom stereocenters. The quantitative estimate of drug-likeness (QED) is 0.112. The highest BCUT2D eigenvalue weighted by atomic mass is 79.9. The van der Waals surface area contributed by atoms with Crippen LogP contribution in [0.15, 0.2) is 131 Å². The Morgan fingerprint density at radius 2 is 1.45 bits per heavy atom. The Morgan fingerprint density at radius 3 is 2.04 bits per heavy atom. The van der Waals surface area contributed by atoms with Crippen LogP contribution in [0.3, 0.4) is 0 Å². The molecule has 0 saturated carbocycles. The summed E-state index contributed by atoms with van der Waals surface area (Å²) in [5.41, 5.74) is 9.67. The Morgan fingerprint density at radius 1 is 0.872 bits per heavy atom. The maximum Gasteiger partial charge on any atom is 0.271 e. The minimum absolute atomic E-state index is 0. The van der Waals surface area contributed by atoms with Gasteiger partial charge in [0.2, 0.25) is 4.80 Å². The van der Waals surface area contributed by atoms with Crippen molar-refractivity contribution in [2.75, 3.05) is 14.2 Å². The zero-order valence-corrected chi connectivity index (χ0v) is 29.7. The standard InChI is InChI=1S/C36H30BrN5O3S.BrH/c1-4-21-41-34(26-5-13-28(37)14-6-26)23-46-36(41)39-38-35(43)27-7-15-29(16-8-27)42-33(25-11-19-31(45-3)20-12-25)22-32(40-42)24-9-17-30(44-2)18-10-24;/h4-20,22-23H,1,21H2,2-3H3,(H,38,43);1H. The van der Waals surface area contributed by atoms with E-state index in [2.05, 4.69) is 33.0 Å². The molecule has 11 heteroatoms. The number of amides is 1. The summed E-state index contributed by atoms with van der Waals surface area (Å²) in [6.07, 6.45) is 1.81. The number of allylic oxidation sites excluding steroid dienone is 1. The number of hydrogen-bond acceptors (Lipinski definition) is 6. The van der Waals surface area contributed by atoms with Crippen LogP contribution in [-0.2, 0) is 6.54 Å². The first-order valence-corrected chi connectivity index (χ1v) is 16.0. The number of ether oxygens (including phenoxy) is 2. The molecule has 0 spiro atoms. The number of nitrogens with zero attached hydrogens (tertiary/aromatic N) is 4. The lowest BCUT2D eigenvalue weighted by atomic mass is 10.1. The molecule has 47 heavy (non-hydrogen) atoms. The first-order valence-electron chi connectivity index (χ1n) is 14.4. The van der Waals surface area contributed by atoms with Gasteiger partial charge in [-0.05, 0) is 96.6 Å². The van der Waals surface area contributed by atoms with Crippen molar-refractivity contribution >= 4 is 50.2 Å². The first-order chi connectivity index (χ1) is 22.5. The Balaban J connectivity index is 0.00000433. The lowest BCUT2D eigenvalue weighted by Gasteiger charge is -2.09. The maximum atomic E-state index is 13.2. The number of benzene rings is 4. The molecular weight excluding hydrogens is 742 g/mol. The van der Waals surface area contributed by atoms with Crippen LogP contribution in [0.2, 0.25) is 0 Å². The Kier molecular flexibility index (Phi) is 10.9. The fraction of sp³-hybridized carbons (Fsp3) is 0.0833. The summed E-state index contributed by atoms with van der Waals surface area (Å²) in [5, 5.41) is 11.4. The van der Waals surface area contributed by atoms with Crippen molar-refractivity contribution in [3.63, 3.8) is 0 Å². The van der Waals surface area contributed by atoms with E-state index in [0.717, 1.165) is 55.4 Å². The number of hydrogen-bond donors (Lipinski definition) is 1. The van der Waals surface area contributed by atoms with E-state index >= 15 is 0 Å². The number of carbonyl (C=O) groups is 1. The van der Waals surface area contributed by atoms with Crippen LogP contribution in [0.4, 0.5) is 0 Å². The predicted molar refractivity (Wildman–Crippen MR) is 197 cm³/mol. The van der Waals surface area contributed by atoms with Gasteiger partial charge in [0.25, 0.3) is 5.91 Å². The van der Waals surface area contributed by atoms with Gasteiger partial charge in [-0.2, -0.15) is 5.10 Å². The van der Waals surface area contributed by atoms with Crippen LogP contribution in [-0.4, -0.2) is 34.5 Å². The van der Waals surface area contributed by atoms with Crippen molar-refractivity contribution in [3.8, 4) is 51.0 Å². The summed E-state index contributed by atoms with van der Waals surface area (Å²) in [5.74, 6) is 1.23. The molecule has 0 saturated heterocycles. The van der Waals surface area contributed by atoms with Crippen LogP contribution in [0.1, 0.15) is 10.4 Å². The van der Waals surface area contributed by atoms with Gasteiger partial charge in [0.15, 0.2) is 0 Å². The molecule has 0 atom stereocenters. The lowest BCUT2D eigenvalue weighted by Crippen LogP contribution is -2.24. The summed E-state index contributed by atoms with van der Waals surface area (Å²) in [4.78, 5) is 13.8. The van der Waals surface area contributed by atoms with Crippen molar-refractivity contribution in [3.05, 3.63) is 136 Å². The highest BCUT2D eigenvalue weighted by Crippen LogP contribution is 2.31. The van der Waals surface area contributed by atoms with Gasteiger partial charge in [-0.1, -0.05) is 34.1 Å². The van der Waals surface area contributed by atoms with E-state index in [1.165, 1.54) is 11.3 Å². The van der Waals surface area contributed by atoms with Gasteiger partial charge >= 0.3 is 0 Å². The van der Waals surface area contributed by atoms with Crippen LogP contribution in [0.25, 0.3) is 39.5 Å². The summed E-state index contributed by atoms with van der Waals surface area (Å²) in [6, 6.07) is 33.0. The second kappa shape index (κ2) is 15.3. The molecule has 0 aliphatic heterocycles. The molecule has 0 aliphatic carbocycles. The molecule has 1 amide bonds. The molecule has 2 heterocycles. The van der Waals surface area contributed by atoms with Crippen LogP contribution in [0.5, 0.6) is 11.5 Å². The van der Waals surface area contributed by atoms with Gasteiger partial charge < -0.3 is 14.0 Å². The summed E-state index contributed by atoms with van der Waals surface area (Å²) in [6.45, 7) is 4.44. The lowest BCUT2D eigenvalue weighted by molar-refractivity contribution is 0.0953. The Hall–Kier alpha value is -4.71. The third kappa shape index (κ3) is 7.48. The molecule has 0 aliphatic rings. The molecule has 1 N–H and O–H groups in total. The number of aromatic nitrogens is 3. The van der Waals surface area contributed by atoms with E-state index in [0.29, 0.717) is 16.9 Å². The van der Waals surface area contributed by atoms with Gasteiger partial charge in [0.05, 0.1) is 37.0 Å². The fourth-order valence-electron chi connectivity index (χ4n) is 4.94. The Labute approximate surface area is 295 Å². The highest BCUT2D eigenvalue weighted by Gasteiger charge is 2.15. The average Bonchev–Trinajstić information content (AvgIpc) is 3.73. The zero-order valence-electron chi connectivity index (χ0n) is 25.6. The predicted octanol–water partition coefficient (Wildman–Crippen LogP) is 8.53. The van der Waals surface area contributed by atoms with Crippen molar-refractivity contribution in [1.29, 1.82) is 0 Å². The molecule has 6 aromatic rings. The number of methoxy groups -OCH3 is 2. The van der Waals surface area contributed by atoms with Gasteiger partial charge in [-0.25, -0.2) is 10.1 Å². The molecule has 0 radical (unpaired) electrons. The second-order valence-corrected chi connectivity index (χ2v) is 11.9. The van der Waals surface area contributed by atoms with Crippen LogP contribution in [0, 0.1) is 0 Å². The molecule has 2 aromatic heterocycles. The van der Waals surface area contributed by atoms with Crippen molar-refractivity contribution in [2.24, 2.45) is 5.10 Å². The third-order valence-corrected chi connectivity index (χ3v) is 8.75. The molecule has 8 nitrogen and oxygen atoms in total. The topological polar surface area (TPSA) is 82.7 Å². The minimum atomic E-state index is -0.315. The van der Waals surface area contributed by atoms with Crippen molar-refractivity contribution < 1.29 is 14.3 Å². The molecule has 0 bridgehead atoms. The second-order valence-electron chi connectivity index (χ2n) is 10.2. The number of rotatable bonds is 10. The molecule has 6 rings (SSSR count). The van der Waals surface area contributed by atoms with Crippen molar-refractivity contribution in [1.82, 2.24) is 19.8 Å². The molecular formula is C36H31Br2N5O3S. The summed E-state index contributed by atoms with van der Waals surface area (Å²) < 4.78 is 15.6. The van der Waals surface area contributed by atoms with E-state index in [9.17, 15) is 4.79 Å². The normalized spacial score (nSPS) is 11.1. The molecule has 4 aromatic carbocycles. The van der Waals surface area contributed by atoms with E-state index in [1.807, 2.05) is 112 Å². The number of thiazole rings is 1. The van der Waals surface area contributed by atoms with E-state index in [1.54, 1.807) is 26.4 Å². The molecule has 238 valence electrons. The highest BCUT2D eigenvalue weighted by molar-refractivity contribution is 9.10. The third-order valence-electron chi connectivity index (χ3n) is 7.36. The smallest absolute Gasteiger partial charge is 0.271 e. The van der Waals surface area contributed by atoms with E-state index in [4.69, 9.17) is 14.6 Å². The largest absolute Gasteiger partial charge is 0.497 e. The minimum Gasteiger partial charge on any atom is -0.497 e. The first kappa shape index (κ1) is 33.6. The molecule has 0 fully saturated rings. The zero-order chi connectivity index (χ0) is 32.0. The van der Waals surface area contributed by atoms with Gasteiger partial charge in [-0.3, -0.25) is 4.79 Å². The average molecular weight is 774 g/mol. The van der Waals surface area contributed by atoms with Gasteiger partial charge in [-0.15, -0.1) is 40.0 Å². The SMILES string of the molecule is Br.C=CCn1c(-c2ccc(Br)cc2)csc1=NNC(=O)c1ccc(-n2nc(-c3ccc(OC)cc3)cc2-c2ccc(OC)cc2)cc1. The maximum absolute atomic E-state index is 13.2. The number of nitrogens with one attached hydrogen (secondary N) is 1. The monoisotopic (exact) mass is 771 g/mol. The van der Waals surface area contributed by atoms with Gasteiger partial charge in [0.1, 0.15) is 11.5 Å². The van der Waals surface area contributed by atoms with Crippen LogP contribution < -0.4 is 19.7 Å². The number of carbonyl (C=O) groups excluding carboxylic acids is 1. The summed E-state index contributed by atoms with van der Waals surface area (Å²) in [7, 11) is 3.29. The Bertz CT molecular complexity index is 2050. The van der Waals surface area contributed by atoms with Crippen molar-refractivity contribution in [2.45, 2.75) is 6.54 Å². The number of halogens is 2. The summed E-state index contributed by atoms with van der Waals surface area (Å²) >= 11 is 4.94.